The second kappa shape index (κ2) is 7.04. The Morgan fingerprint density at radius 1 is 1.00 bits per heavy atom. The molecule has 0 spiro atoms. The molecular weight excluding hydrogens is 310 g/mol. The summed E-state index contributed by atoms with van der Waals surface area (Å²) in [6.07, 6.45) is 0.769. The fourth-order valence-corrected chi connectivity index (χ4v) is 2.45. The van der Waals surface area contributed by atoms with Gasteiger partial charge in [0.2, 0.25) is 0 Å². The van der Waals surface area contributed by atoms with Crippen LogP contribution in [0.3, 0.4) is 0 Å². The zero-order valence-corrected chi connectivity index (χ0v) is 12.9. The lowest BCUT2D eigenvalue weighted by Crippen LogP contribution is -2.33. The Bertz CT molecular complexity index is 744. The molecule has 2 aromatic carbocycles. The van der Waals surface area contributed by atoms with E-state index in [4.69, 9.17) is 9.47 Å². The third-order valence-electron chi connectivity index (χ3n) is 3.66. The summed E-state index contributed by atoms with van der Waals surface area (Å²) in [6, 6.07) is 12.3. The fourth-order valence-electron chi connectivity index (χ4n) is 2.45. The third-order valence-corrected chi connectivity index (χ3v) is 3.66. The number of carbonyl (C=O) groups excluding carboxylic acids is 1. The van der Waals surface area contributed by atoms with E-state index >= 15 is 0 Å². The molecule has 1 heterocycles. The first kappa shape index (κ1) is 15.9. The minimum atomic E-state index is -1.12. The van der Waals surface area contributed by atoms with E-state index in [0.29, 0.717) is 35.8 Å². The summed E-state index contributed by atoms with van der Waals surface area (Å²) >= 11 is 0. The summed E-state index contributed by atoms with van der Waals surface area (Å²) in [7, 11) is 0. The van der Waals surface area contributed by atoms with Crippen molar-refractivity contribution in [1.82, 2.24) is 5.32 Å². The Kier molecular flexibility index (Phi) is 4.65. The molecule has 0 bridgehead atoms. The Morgan fingerprint density at radius 2 is 1.71 bits per heavy atom. The lowest BCUT2D eigenvalue weighted by Gasteiger charge is -2.15. The van der Waals surface area contributed by atoms with Crippen molar-refractivity contribution in [3.05, 3.63) is 59.7 Å². The molecule has 0 unspecified atom stereocenters. The largest absolute Gasteiger partial charge is 0.490 e. The number of carboxylic acid groups (broad SMARTS) is 1. The first-order valence-corrected chi connectivity index (χ1v) is 7.63. The van der Waals surface area contributed by atoms with Crippen molar-refractivity contribution in [2.75, 3.05) is 13.2 Å². The van der Waals surface area contributed by atoms with Crippen molar-refractivity contribution in [1.29, 1.82) is 0 Å². The van der Waals surface area contributed by atoms with Crippen LogP contribution in [0.25, 0.3) is 0 Å². The fraction of sp³-hybridized carbons (Fsp3) is 0.222. The number of ether oxygens (including phenoxy) is 2. The monoisotopic (exact) mass is 327 g/mol. The molecule has 0 saturated carbocycles. The Balaban J connectivity index is 1.81. The molecule has 24 heavy (non-hydrogen) atoms. The van der Waals surface area contributed by atoms with E-state index in [9.17, 15) is 14.7 Å². The number of amides is 1. The lowest BCUT2D eigenvalue weighted by atomic mass is 10.1. The van der Waals surface area contributed by atoms with Crippen molar-refractivity contribution < 1.29 is 24.2 Å². The van der Waals surface area contributed by atoms with Crippen LogP contribution in [0.15, 0.2) is 48.5 Å². The van der Waals surface area contributed by atoms with Crippen molar-refractivity contribution in [3.63, 3.8) is 0 Å². The molecular formula is C18H17NO5. The summed E-state index contributed by atoms with van der Waals surface area (Å²) in [5, 5.41) is 11.9. The van der Waals surface area contributed by atoms with Crippen LogP contribution in [0.2, 0.25) is 0 Å². The molecule has 1 aliphatic rings. The van der Waals surface area contributed by atoms with Crippen LogP contribution in [-0.4, -0.2) is 30.2 Å². The molecule has 0 saturated heterocycles. The number of fused-ring (bicyclic) bond motifs is 1. The highest BCUT2D eigenvalue weighted by atomic mass is 16.5. The van der Waals surface area contributed by atoms with Gasteiger partial charge in [0.25, 0.3) is 5.91 Å². The zero-order valence-electron chi connectivity index (χ0n) is 12.9. The van der Waals surface area contributed by atoms with Gasteiger partial charge < -0.3 is 19.9 Å². The predicted octanol–water partition coefficient (Wildman–Crippen LogP) is 2.40. The maximum atomic E-state index is 12.4. The van der Waals surface area contributed by atoms with E-state index in [1.54, 1.807) is 48.5 Å². The minimum Gasteiger partial charge on any atom is -0.490 e. The van der Waals surface area contributed by atoms with Crippen LogP contribution in [0.1, 0.15) is 28.4 Å². The number of carbonyl (C=O) groups is 2. The standard InChI is InChI=1S/C18H17NO5/c20-17(19-16(18(21)22)12-5-2-1-3-6-12)13-7-8-14-15(11-13)24-10-4-9-23-14/h1-3,5-8,11,16H,4,9-10H2,(H,19,20)(H,21,22)/t16-/m0/s1. The first-order valence-electron chi connectivity index (χ1n) is 7.63. The van der Waals surface area contributed by atoms with Crippen LogP contribution in [0.4, 0.5) is 0 Å². The van der Waals surface area contributed by atoms with E-state index in [1.807, 2.05) is 0 Å². The molecule has 1 atom stereocenters. The van der Waals surface area contributed by atoms with Gasteiger partial charge in [-0.05, 0) is 23.8 Å². The van der Waals surface area contributed by atoms with Crippen molar-refractivity contribution in [2.24, 2.45) is 0 Å². The number of hydrogen-bond donors (Lipinski definition) is 2. The van der Waals surface area contributed by atoms with Crippen molar-refractivity contribution in [3.8, 4) is 11.5 Å². The highest BCUT2D eigenvalue weighted by Gasteiger charge is 2.23. The molecule has 6 heteroatoms. The number of rotatable bonds is 4. The summed E-state index contributed by atoms with van der Waals surface area (Å²) in [6.45, 7) is 1.08. The van der Waals surface area contributed by atoms with Gasteiger partial charge in [-0.3, -0.25) is 4.79 Å². The highest BCUT2D eigenvalue weighted by Crippen LogP contribution is 2.30. The Hall–Kier alpha value is -3.02. The minimum absolute atomic E-state index is 0.321. The summed E-state index contributed by atoms with van der Waals surface area (Å²) in [5.41, 5.74) is 0.828. The number of aliphatic carboxylic acids is 1. The van der Waals surface area contributed by atoms with Gasteiger partial charge in [0.05, 0.1) is 13.2 Å². The quantitative estimate of drug-likeness (QED) is 0.901. The molecule has 0 fully saturated rings. The maximum absolute atomic E-state index is 12.4. The average Bonchev–Trinajstić information content (AvgIpc) is 2.84. The normalized spacial score (nSPS) is 14.3. The maximum Gasteiger partial charge on any atom is 0.330 e. The Morgan fingerprint density at radius 3 is 2.42 bits per heavy atom. The number of nitrogens with one attached hydrogen (secondary N) is 1. The third kappa shape index (κ3) is 3.48. The summed E-state index contributed by atoms with van der Waals surface area (Å²) < 4.78 is 11.1. The molecule has 3 rings (SSSR count). The molecule has 0 aromatic heterocycles. The van der Waals surface area contributed by atoms with E-state index < -0.39 is 17.9 Å². The first-order chi connectivity index (χ1) is 11.6. The van der Waals surface area contributed by atoms with Gasteiger partial charge >= 0.3 is 5.97 Å². The Labute approximate surface area is 139 Å². The van der Waals surface area contributed by atoms with Gasteiger partial charge in [0.15, 0.2) is 17.5 Å². The molecule has 1 amide bonds. The number of benzene rings is 2. The van der Waals surface area contributed by atoms with Crippen LogP contribution in [-0.2, 0) is 4.79 Å². The van der Waals surface area contributed by atoms with Gasteiger partial charge in [-0.15, -0.1) is 0 Å². The van der Waals surface area contributed by atoms with Gasteiger partial charge in [-0.2, -0.15) is 0 Å². The second-order valence-corrected chi connectivity index (χ2v) is 5.37. The zero-order chi connectivity index (χ0) is 16.9. The molecule has 2 N–H and O–H groups in total. The van der Waals surface area contributed by atoms with Gasteiger partial charge in [0.1, 0.15) is 0 Å². The van der Waals surface area contributed by atoms with Crippen LogP contribution in [0.5, 0.6) is 11.5 Å². The molecule has 124 valence electrons. The molecule has 1 aliphatic heterocycles. The van der Waals surface area contributed by atoms with Crippen molar-refractivity contribution in [2.45, 2.75) is 12.5 Å². The number of hydrogen-bond acceptors (Lipinski definition) is 4. The average molecular weight is 327 g/mol. The highest BCUT2D eigenvalue weighted by molar-refractivity contribution is 5.97. The second-order valence-electron chi connectivity index (χ2n) is 5.37. The van der Waals surface area contributed by atoms with Crippen LogP contribution >= 0.6 is 0 Å². The molecule has 2 aromatic rings. The predicted molar refractivity (Wildman–Crippen MR) is 86.3 cm³/mol. The van der Waals surface area contributed by atoms with Crippen LogP contribution < -0.4 is 14.8 Å². The summed E-state index contributed by atoms with van der Waals surface area (Å²) in [4.78, 5) is 23.9. The van der Waals surface area contributed by atoms with Gasteiger partial charge in [-0.1, -0.05) is 30.3 Å². The van der Waals surface area contributed by atoms with Gasteiger partial charge in [-0.25, -0.2) is 4.79 Å². The lowest BCUT2D eigenvalue weighted by molar-refractivity contribution is -0.139. The van der Waals surface area contributed by atoms with Gasteiger partial charge in [0, 0.05) is 12.0 Å². The van der Waals surface area contributed by atoms with E-state index in [2.05, 4.69) is 5.32 Å². The number of carboxylic acids is 1. The SMILES string of the molecule is O=C(N[C@H](C(=O)O)c1ccccc1)c1ccc2c(c1)OCCCO2. The molecule has 0 radical (unpaired) electrons. The topological polar surface area (TPSA) is 84.9 Å². The molecule has 6 nitrogen and oxygen atoms in total. The smallest absolute Gasteiger partial charge is 0.330 e. The van der Waals surface area contributed by atoms with E-state index in [0.717, 1.165) is 6.42 Å². The van der Waals surface area contributed by atoms with Crippen LogP contribution in [0, 0.1) is 0 Å². The van der Waals surface area contributed by atoms with E-state index in [-0.39, 0.29) is 0 Å². The van der Waals surface area contributed by atoms with Crippen molar-refractivity contribution >= 4 is 11.9 Å². The van der Waals surface area contributed by atoms with E-state index in [1.165, 1.54) is 0 Å². The molecule has 0 aliphatic carbocycles. The summed E-state index contributed by atoms with van der Waals surface area (Å²) in [5.74, 6) is -0.528.